The third-order valence-electron chi connectivity index (χ3n) is 7.50. The molecule has 1 aliphatic carbocycles. The van der Waals surface area contributed by atoms with E-state index in [0.717, 1.165) is 29.2 Å². The van der Waals surface area contributed by atoms with Gasteiger partial charge in [0, 0.05) is 12.6 Å². The summed E-state index contributed by atoms with van der Waals surface area (Å²) in [5.41, 5.74) is 6.45. The quantitative estimate of drug-likeness (QED) is 0.471. The number of nitrogens with one attached hydrogen (secondary N) is 1. The standard InChI is InChI=1S/C28H37ClN2/c1-4-22-6-5-7-26(17-22)31-14-12-23(13-15-31)24-10-11-27(29)28(18-24)30-19-25-9-8-20(2)16-21(25)3/h4,8-11,16,18,22-23,26,30H,1,5-7,12-15,17,19H2,2-3H3. The summed E-state index contributed by atoms with van der Waals surface area (Å²) in [7, 11) is 0. The van der Waals surface area contributed by atoms with Gasteiger partial charge in [-0.3, -0.25) is 0 Å². The average molecular weight is 437 g/mol. The van der Waals surface area contributed by atoms with Crippen LogP contribution in [0.4, 0.5) is 5.69 Å². The molecular weight excluding hydrogens is 400 g/mol. The van der Waals surface area contributed by atoms with Gasteiger partial charge in [0.05, 0.1) is 10.7 Å². The molecule has 0 aromatic heterocycles. The van der Waals surface area contributed by atoms with Gasteiger partial charge in [0.2, 0.25) is 0 Å². The zero-order valence-corrected chi connectivity index (χ0v) is 19.9. The van der Waals surface area contributed by atoms with Crippen molar-refractivity contribution < 1.29 is 0 Å². The van der Waals surface area contributed by atoms with Crippen molar-refractivity contribution in [2.45, 2.75) is 70.9 Å². The lowest BCUT2D eigenvalue weighted by atomic mass is 9.83. The second-order valence-electron chi connectivity index (χ2n) is 9.65. The maximum Gasteiger partial charge on any atom is 0.0637 e. The highest BCUT2D eigenvalue weighted by Gasteiger charge is 2.29. The Balaban J connectivity index is 1.36. The van der Waals surface area contributed by atoms with Gasteiger partial charge in [-0.15, -0.1) is 6.58 Å². The van der Waals surface area contributed by atoms with Crippen molar-refractivity contribution in [1.29, 1.82) is 0 Å². The van der Waals surface area contributed by atoms with E-state index in [1.807, 2.05) is 0 Å². The minimum atomic E-state index is 0.633. The van der Waals surface area contributed by atoms with Crippen LogP contribution >= 0.6 is 11.6 Å². The SMILES string of the molecule is C=CC1CCCC(N2CCC(c3ccc(Cl)c(NCc4ccc(C)cc4C)c3)CC2)C1. The van der Waals surface area contributed by atoms with E-state index in [4.69, 9.17) is 11.6 Å². The van der Waals surface area contributed by atoms with E-state index in [9.17, 15) is 0 Å². The van der Waals surface area contributed by atoms with Crippen molar-refractivity contribution in [3.63, 3.8) is 0 Å². The van der Waals surface area contributed by atoms with Crippen molar-refractivity contribution in [2.24, 2.45) is 5.92 Å². The van der Waals surface area contributed by atoms with E-state index in [1.54, 1.807) is 0 Å². The lowest BCUT2D eigenvalue weighted by Gasteiger charge is -2.41. The molecule has 3 heteroatoms. The Labute approximate surface area is 193 Å². The number of piperidine rings is 1. The molecule has 2 aromatic rings. The van der Waals surface area contributed by atoms with Crippen molar-refractivity contribution >= 4 is 17.3 Å². The van der Waals surface area contributed by atoms with Crippen LogP contribution in [0.2, 0.25) is 5.02 Å². The average Bonchev–Trinajstić information content (AvgIpc) is 2.79. The van der Waals surface area contributed by atoms with Crippen LogP contribution in [-0.2, 0) is 6.54 Å². The van der Waals surface area contributed by atoms with Crippen LogP contribution in [0, 0.1) is 19.8 Å². The van der Waals surface area contributed by atoms with Crippen LogP contribution in [0.15, 0.2) is 49.1 Å². The van der Waals surface area contributed by atoms with Gasteiger partial charge in [-0.05, 0) is 99.7 Å². The Bertz CT molecular complexity index is 898. The zero-order chi connectivity index (χ0) is 21.8. The Morgan fingerprint density at radius 2 is 1.87 bits per heavy atom. The number of aryl methyl sites for hydroxylation is 2. The Kier molecular flexibility index (Phi) is 7.40. The number of halogens is 1. The molecule has 0 amide bonds. The highest BCUT2D eigenvalue weighted by atomic mass is 35.5. The van der Waals surface area contributed by atoms with Crippen molar-refractivity contribution in [3.05, 3.63) is 76.3 Å². The third-order valence-corrected chi connectivity index (χ3v) is 7.83. The molecule has 2 fully saturated rings. The molecule has 1 N–H and O–H groups in total. The minimum Gasteiger partial charge on any atom is -0.380 e. The lowest BCUT2D eigenvalue weighted by molar-refractivity contribution is 0.110. The van der Waals surface area contributed by atoms with E-state index in [2.05, 4.69) is 73.1 Å². The first kappa shape index (κ1) is 22.4. The largest absolute Gasteiger partial charge is 0.380 e. The van der Waals surface area contributed by atoms with Crippen LogP contribution in [0.5, 0.6) is 0 Å². The molecule has 1 heterocycles. The minimum absolute atomic E-state index is 0.633. The van der Waals surface area contributed by atoms with E-state index in [1.165, 1.54) is 73.9 Å². The summed E-state index contributed by atoms with van der Waals surface area (Å²) in [6.45, 7) is 11.6. The lowest BCUT2D eigenvalue weighted by Crippen LogP contribution is -2.43. The molecule has 2 unspecified atom stereocenters. The van der Waals surface area contributed by atoms with Gasteiger partial charge < -0.3 is 10.2 Å². The summed E-state index contributed by atoms with van der Waals surface area (Å²) in [6, 6.07) is 14.0. The fourth-order valence-electron chi connectivity index (χ4n) is 5.51. The van der Waals surface area contributed by atoms with E-state index in [-0.39, 0.29) is 0 Å². The molecule has 166 valence electrons. The normalized spacial score (nSPS) is 22.9. The van der Waals surface area contributed by atoms with Crippen LogP contribution in [0.3, 0.4) is 0 Å². The predicted molar refractivity (Wildman–Crippen MR) is 134 cm³/mol. The van der Waals surface area contributed by atoms with Gasteiger partial charge in [0.15, 0.2) is 0 Å². The highest BCUT2D eigenvalue weighted by Crippen LogP contribution is 2.36. The van der Waals surface area contributed by atoms with Gasteiger partial charge in [-0.1, -0.05) is 53.9 Å². The molecule has 1 aliphatic heterocycles. The van der Waals surface area contributed by atoms with Gasteiger partial charge in [-0.25, -0.2) is 0 Å². The fourth-order valence-corrected chi connectivity index (χ4v) is 5.70. The summed E-state index contributed by atoms with van der Waals surface area (Å²) in [5, 5.41) is 4.40. The van der Waals surface area contributed by atoms with Crippen molar-refractivity contribution in [2.75, 3.05) is 18.4 Å². The first-order valence-corrected chi connectivity index (χ1v) is 12.4. The first-order chi connectivity index (χ1) is 15.0. The molecule has 1 saturated heterocycles. The van der Waals surface area contributed by atoms with Gasteiger partial charge in [0.1, 0.15) is 0 Å². The first-order valence-electron chi connectivity index (χ1n) is 12.0. The van der Waals surface area contributed by atoms with Crippen molar-refractivity contribution in [3.8, 4) is 0 Å². The number of benzene rings is 2. The maximum atomic E-state index is 6.54. The van der Waals surface area contributed by atoms with E-state index >= 15 is 0 Å². The molecule has 4 rings (SSSR count). The van der Waals surface area contributed by atoms with Crippen molar-refractivity contribution in [1.82, 2.24) is 4.90 Å². The number of likely N-dealkylation sites (tertiary alicyclic amines) is 1. The second-order valence-corrected chi connectivity index (χ2v) is 10.1. The molecule has 2 aromatic carbocycles. The smallest absolute Gasteiger partial charge is 0.0637 e. The van der Waals surface area contributed by atoms with Crippen LogP contribution < -0.4 is 5.32 Å². The topological polar surface area (TPSA) is 15.3 Å². The molecule has 31 heavy (non-hydrogen) atoms. The number of allylic oxidation sites excluding steroid dienone is 1. The number of hydrogen-bond acceptors (Lipinski definition) is 2. The molecule has 0 radical (unpaired) electrons. The van der Waals surface area contributed by atoms with Gasteiger partial charge in [0.25, 0.3) is 0 Å². The van der Waals surface area contributed by atoms with E-state index < -0.39 is 0 Å². The maximum absolute atomic E-state index is 6.54. The molecule has 2 atom stereocenters. The summed E-state index contributed by atoms with van der Waals surface area (Å²) < 4.78 is 0. The summed E-state index contributed by atoms with van der Waals surface area (Å²) >= 11 is 6.54. The van der Waals surface area contributed by atoms with Crippen LogP contribution in [0.1, 0.15) is 66.7 Å². The summed E-state index contributed by atoms with van der Waals surface area (Å²) in [5.74, 6) is 1.35. The Hall–Kier alpha value is -1.77. The molecule has 0 bridgehead atoms. The summed E-state index contributed by atoms with van der Waals surface area (Å²) in [4.78, 5) is 2.75. The number of hydrogen-bond donors (Lipinski definition) is 1. The van der Waals surface area contributed by atoms with E-state index in [0.29, 0.717) is 5.92 Å². The second kappa shape index (κ2) is 10.2. The monoisotopic (exact) mass is 436 g/mol. The van der Waals surface area contributed by atoms with Crippen LogP contribution in [0.25, 0.3) is 0 Å². The Morgan fingerprint density at radius 3 is 2.61 bits per heavy atom. The summed E-state index contributed by atoms with van der Waals surface area (Å²) in [6.07, 6.45) is 10.0. The number of rotatable bonds is 6. The fraction of sp³-hybridized carbons (Fsp3) is 0.500. The third kappa shape index (κ3) is 5.54. The molecule has 2 aliphatic rings. The predicted octanol–water partition coefficient (Wildman–Crippen LogP) is 7.49. The molecule has 2 nitrogen and oxygen atoms in total. The molecule has 1 saturated carbocycles. The molecular formula is C28H37ClN2. The zero-order valence-electron chi connectivity index (χ0n) is 19.2. The number of nitrogens with zero attached hydrogens (tertiary/aromatic N) is 1. The van der Waals surface area contributed by atoms with Crippen LogP contribution in [-0.4, -0.2) is 24.0 Å². The number of anilines is 1. The van der Waals surface area contributed by atoms with Gasteiger partial charge >= 0.3 is 0 Å². The van der Waals surface area contributed by atoms with Gasteiger partial charge in [-0.2, -0.15) is 0 Å². The Morgan fingerprint density at radius 1 is 1.06 bits per heavy atom. The highest BCUT2D eigenvalue weighted by molar-refractivity contribution is 6.33. The molecule has 0 spiro atoms.